The number of nitrogens with one attached hydrogen (secondary N) is 2. The lowest BCUT2D eigenvalue weighted by Crippen LogP contribution is -2.42. The SMILES string of the molecule is C=CC(=O)N1C[C@H](NC(=O)c2sc3nccc4c3c2NC(=O)N4c2ccc(Oc3ccccc3)cc2)[C@@H](F)C1.S.S. The van der Waals surface area contributed by atoms with Gasteiger partial charge in [0.25, 0.3) is 5.91 Å². The first-order chi connectivity index (χ1) is 18.9. The van der Waals surface area contributed by atoms with Crippen LogP contribution >= 0.6 is 38.3 Å². The van der Waals surface area contributed by atoms with E-state index < -0.39 is 30.1 Å². The van der Waals surface area contributed by atoms with Gasteiger partial charge in [-0.05, 0) is 48.5 Å². The van der Waals surface area contributed by atoms with Gasteiger partial charge in [0.15, 0.2) is 0 Å². The number of ether oxygens (including phenoxy) is 1. The van der Waals surface area contributed by atoms with E-state index in [-0.39, 0.29) is 45.0 Å². The van der Waals surface area contributed by atoms with E-state index in [9.17, 15) is 18.8 Å². The molecule has 0 bridgehead atoms. The van der Waals surface area contributed by atoms with E-state index in [4.69, 9.17) is 4.74 Å². The molecule has 41 heavy (non-hydrogen) atoms. The van der Waals surface area contributed by atoms with Crippen LogP contribution in [-0.2, 0) is 4.79 Å². The first-order valence-corrected chi connectivity index (χ1v) is 13.0. The van der Waals surface area contributed by atoms with Gasteiger partial charge in [-0.1, -0.05) is 24.8 Å². The van der Waals surface area contributed by atoms with Crippen LogP contribution in [0, 0.1) is 0 Å². The van der Waals surface area contributed by atoms with E-state index in [1.54, 1.807) is 36.5 Å². The van der Waals surface area contributed by atoms with E-state index in [0.717, 1.165) is 17.4 Å². The molecular weight excluding hydrogens is 586 g/mol. The van der Waals surface area contributed by atoms with Crippen molar-refractivity contribution >= 4 is 83.5 Å². The summed E-state index contributed by atoms with van der Waals surface area (Å²) in [6.45, 7) is 3.33. The second-order valence-electron chi connectivity index (χ2n) is 9.03. The van der Waals surface area contributed by atoms with Crippen LogP contribution in [0.15, 0.2) is 79.5 Å². The number of aromatic nitrogens is 1. The third-order valence-corrected chi connectivity index (χ3v) is 7.67. The number of thiophene rings is 1. The monoisotopic (exact) mass is 611 g/mol. The molecule has 0 unspecified atom stereocenters. The van der Waals surface area contributed by atoms with Crippen LogP contribution in [0.3, 0.4) is 0 Å². The number of rotatable bonds is 6. The van der Waals surface area contributed by atoms with Crippen molar-refractivity contribution < 1.29 is 23.5 Å². The van der Waals surface area contributed by atoms with Gasteiger partial charge in [0.05, 0.1) is 35.0 Å². The Balaban J connectivity index is 0.00000194. The summed E-state index contributed by atoms with van der Waals surface area (Å²) in [7, 11) is 0. The molecule has 2 aromatic carbocycles. The fourth-order valence-electron chi connectivity index (χ4n) is 4.73. The zero-order chi connectivity index (χ0) is 27.1. The molecule has 2 aliphatic rings. The van der Waals surface area contributed by atoms with Gasteiger partial charge < -0.3 is 20.3 Å². The molecule has 4 amide bonds. The standard InChI is InChI=1S/C28H22FN5O4S.2H2S/c1-2-22(35)33-14-19(29)20(15-33)31-26(36)25-24-23-21(12-13-30-27(23)39-25)34(28(37)32-24)16-8-10-18(11-9-16)38-17-6-4-3-5-7-17;;/h2-13,19-20H,1,14-15H2,(H,31,36)(H,32,37);2*1H2/t19-,20-;;/m0../s1. The molecule has 1 saturated heterocycles. The molecule has 1 fully saturated rings. The highest BCUT2D eigenvalue weighted by Gasteiger charge is 2.38. The lowest BCUT2D eigenvalue weighted by Gasteiger charge is -2.28. The number of anilines is 3. The maximum absolute atomic E-state index is 14.6. The Hall–Kier alpha value is -4.07. The van der Waals surface area contributed by atoms with Gasteiger partial charge in [-0.3, -0.25) is 14.5 Å². The summed E-state index contributed by atoms with van der Waals surface area (Å²) >= 11 is 1.11. The minimum Gasteiger partial charge on any atom is -0.457 e. The predicted octanol–water partition coefficient (Wildman–Crippen LogP) is 5.46. The number of halogens is 1. The molecule has 0 radical (unpaired) electrons. The number of carbonyl (C=O) groups is 3. The molecule has 212 valence electrons. The predicted molar refractivity (Wildman–Crippen MR) is 167 cm³/mol. The highest BCUT2D eigenvalue weighted by atomic mass is 32.1. The fraction of sp³-hybridized carbons (Fsp3) is 0.143. The average Bonchev–Trinajstić information content (AvgIpc) is 3.50. The lowest BCUT2D eigenvalue weighted by molar-refractivity contribution is -0.125. The number of carbonyl (C=O) groups excluding carboxylic acids is 3. The number of hydrogen-bond donors (Lipinski definition) is 2. The molecule has 2 aromatic heterocycles. The summed E-state index contributed by atoms with van der Waals surface area (Å²) in [4.78, 5) is 46.4. The summed E-state index contributed by atoms with van der Waals surface area (Å²) < 4.78 is 20.4. The highest BCUT2D eigenvalue weighted by molar-refractivity contribution is 7.59. The van der Waals surface area contributed by atoms with Crippen LogP contribution in [-0.4, -0.2) is 53.0 Å². The van der Waals surface area contributed by atoms with Gasteiger partial charge >= 0.3 is 6.03 Å². The molecule has 2 atom stereocenters. The Labute approximate surface area is 252 Å². The number of para-hydroxylation sites is 1. The third-order valence-electron chi connectivity index (χ3n) is 6.58. The largest absolute Gasteiger partial charge is 0.457 e. The van der Waals surface area contributed by atoms with Crippen LogP contribution in [0.25, 0.3) is 10.2 Å². The molecule has 6 rings (SSSR count). The molecule has 0 aliphatic carbocycles. The normalized spacial score (nSPS) is 17.2. The van der Waals surface area contributed by atoms with E-state index in [2.05, 4.69) is 22.2 Å². The van der Waals surface area contributed by atoms with Gasteiger partial charge in [0, 0.05) is 12.7 Å². The van der Waals surface area contributed by atoms with E-state index in [0.29, 0.717) is 38.8 Å². The number of amides is 4. The van der Waals surface area contributed by atoms with Crippen molar-refractivity contribution in [3.8, 4) is 11.5 Å². The molecule has 9 nitrogen and oxygen atoms in total. The number of benzene rings is 2. The van der Waals surface area contributed by atoms with Crippen molar-refractivity contribution in [2.24, 2.45) is 0 Å². The molecule has 4 heterocycles. The van der Waals surface area contributed by atoms with Crippen molar-refractivity contribution in [1.29, 1.82) is 0 Å². The molecule has 2 aliphatic heterocycles. The smallest absolute Gasteiger partial charge is 0.331 e. The molecule has 13 heteroatoms. The topological polar surface area (TPSA) is 104 Å². The van der Waals surface area contributed by atoms with E-state index in [1.807, 2.05) is 30.3 Å². The summed E-state index contributed by atoms with van der Waals surface area (Å²) in [5.74, 6) is 0.369. The molecule has 4 aromatic rings. The highest BCUT2D eigenvalue weighted by Crippen LogP contribution is 2.46. The van der Waals surface area contributed by atoms with Crippen LogP contribution in [0.5, 0.6) is 11.5 Å². The quantitative estimate of drug-likeness (QED) is 0.282. The number of urea groups is 1. The van der Waals surface area contributed by atoms with E-state index in [1.165, 1.54) is 9.80 Å². The summed E-state index contributed by atoms with van der Waals surface area (Å²) in [5, 5.41) is 6.12. The third kappa shape index (κ3) is 5.60. The number of hydrogen-bond acceptors (Lipinski definition) is 6. The molecule has 0 spiro atoms. The number of nitrogens with zero attached hydrogens (tertiary/aromatic N) is 3. The van der Waals surface area contributed by atoms with Crippen molar-refractivity contribution in [3.63, 3.8) is 0 Å². The number of alkyl halides is 1. The maximum atomic E-state index is 14.6. The zero-order valence-corrected chi connectivity index (χ0v) is 24.3. The minimum atomic E-state index is -1.42. The zero-order valence-electron chi connectivity index (χ0n) is 21.5. The molecule has 2 N–H and O–H groups in total. The maximum Gasteiger partial charge on any atom is 0.331 e. The Morgan fingerprint density at radius 1 is 1.07 bits per heavy atom. The van der Waals surface area contributed by atoms with Crippen molar-refractivity contribution in [1.82, 2.24) is 15.2 Å². The van der Waals surface area contributed by atoms with Gasteiger partial charge in [-0.25, -0.2) is 14.2 Å². The Bertz CT molecular complexity index is 1620. The van der Waals surface area contributed by atoms with Crippen molar-refractivity contribution in [2.75, 3.05) is 23.3 Å². The van der Waals surface area contributed by atoms with Crippen LogP contribution in [0.2, 0.25) is 0 Å². The van der Waals surface area contributed by atoms with Gasteiger partial charge in [-0.2, -0.15) is 27.0 Å². The van der Waals surface area contributed by atoms with Gasteiger partial charge in [0.1, 0.15) is 27.4 Å². The Morgan fingerprint density at radius 2 is 1.78 bits per heavy atom. The second kappa shape index (κ2) is 12.2. The summed E-state index contributed by atoms with van der Waals surface area (Å²) in [6, 6.07) is 16.8. The van der Waals surface area contributed by atoms with E-state index >= 15 is 0 Å². The first-order valence-electron chi connectivity index (χ1n) is 12.1. The van der Waals surface area contributed by atoms with Crippen molar-refractivity contribution in [2.45, 2.75) is 12.2 Å². The number of pyridine rings is 1. The van der Waals surface area contributed by atoms with Gasteiger partial charge in [-0.15, -0.1) is 11.3 Å². The number of likely N-dealkylation sites (tertiary alicyclic amines) is 1. The molecular formula is C28H26FN5O4S3. The van der Waals surface area contributed by atoms with Crippen molar-refractivity contribution in [3.05, 3.63) is 84.4 Å². The second-order valence-corrected chi connectivity index (χ2v) is 10.0. The Morgan fingerprint density at radius 3 is 2.49 bits per heavy atom. The van der Waals surface area contributed by atoms with Gasteiger partial charge in [0.2, 0.25) is 5.91 Å². The molecule has 0 saturated carbocycles. The average molecular weight is 612 g/mol. The first kappa shape index (κ1) is 29.9. The van der Waals surface area contributed by atoms with Crippen LogP contribution < -0.4 is 20.3 Å². The van der Waals surface area contributed by atoms with Crippen LogP contribution in [0.1, 0.15) is 9.67 Å². The summed E-state index contributed by atoms with van der Waals surface area (Å²) in [6.07, 6.45) is 1.27. The fourth-order valence-corrected chi connectivity index (χ4v) is 5.75. The summed E-state index contributed by atoms with van der Waals surface area (Å²) in [5.41, 5.74) is 1.49. The lowest BCUT2D eigenvalue weighted by atomic mass is 10.1. The van der Waals surface area contributed by atoms with Crippen LogP contribution in [0.4, 0.5) is 26.2 Å². The minimum absolute atomic E-state index is 0. The Kier molecular flexibility index (Phi) is 8.90.